The summed E-state index contributed by atoms with van der Waals surface area (Å²) in [5.41, 5.74) is 2.58. The van der Waals surface area contributed by atoms with Gasteiger partial charge in [-0.3, -0.25) is 0 Å². The van der Waals surface area contributed by atoms with E-state index in [1.165, 1.54) is 16.0 Å². The van der Waals surface area contributed by atoms with E-state index in [0.717, 1.165) is 12.8 Å². The number of aliphatic hydroxyl groups excluding tert-OH is 1. The van der Waals surface area contributed by atoms with Crippen LogP contribution in [0.25, 0.3) is 10.4 Å². The monoisotopic (exact) mass is 218 g/mol. The summed E-state index contributed by atoms with van der Waals surface area (Å²) in [6, 6.07) is 12.8. The Balaban J connectivity index is 2.19. The van der Waals surface area contributed by atoms with Gasteiger partial charge in [0.15, 0.2) is 0 Å². The van der Waals surface area contributed by atoms with Crippen LogP contribution in [-0.4, -0.2) is 11.7 Å². The quantitative estimate of drug-likeness (QED) is 0.834. The summed E-state index contributed by atoms with van der Waals surface area (Å²) in [6.45, 7) is 0.267. The van der Waals surface area contributed by atoms with Crippen molar-refractivity contribution in [2.45, 2.75) is 12.8 Å². The molecule has 1 aromatic carbocycles. The van der Waals surface area contributed by atoms with Gasteiger partial charge in [0.25, 0.3) is 0 Å². The molecule has 15 heavy (non-hydrogen) atoms. The van der Waals surface area contributed by atoms with Gasteiger partial charge < -0.3 is 5.11 Å². The van der Waals surface area contributed by atoms with Crippen molar-refractivity contribution in [3.05, 3.63) is 47.3 Å². The summed E-state index contributed by atoms with van der Waals surface area (Å²) < 4.78 is 0. The van der Waals surface area contributed by atoms with Gasteiger partial charge in [-0.2, -0.15) is 0 Å². The maximum atomic E-state index is 8.78. The third-order valence-electron chi connectivity index (χ3n) is 2.36. The normalized spacial score (nSPS) is 10.5. The van der Waals surface area contributed by atoms with E-state index in [-0.39, 0.29) is 6.61 Å². The predicted molar refractivity (Wildman–Crippen MR) is 65.2 cm³/mol. The molecule has 0 saturated heterocycles. The van der Waals surface area contributed by atoms with Gasteiger partial charge in [0.2, 0.25) is 0 Å². The van der Waals surface area contributed by atoms with E-state index in [4.69, 9.17) is 5.11 Å². The first-order chi connectivity index (χ1) is 7.40. The Hall–Kier alpha value is -1.12. The van der Waals surface area contributed by atoms with Crippen LogP contribution >= 0.6 is 11.3 Å². The van der Waals surface area contributed by atoms with E-state index < -0.39 is 0 Å². The maximum absolute atomic E-state index is 8.78. The Morgan fingerprint density at radius 3 is 2.80 bits per heavy atom. The molecular formula is C13H14OS. The highest BCUT2D eigenvalue weighted by molar-refractivity contribution is 7.13. The molecule has 1 heterocycles. The van der Waals surface area contributed by atoms with E-state index in [0.29, 0.717) is 0 Å². The highest BCUT2D eigenvalue weighted by atomic mass is 32.1. The third-order valence-corrected chi connectivity index (χ3v) is 3.28. The minimum Gasteiger partial charge on any atom is -0.396 e. The lowest BCUT2D eigenvalue weighted by atomic mass is 10.1. The second kappa shape index (κ2) is 5.10. The second-order valence-corrected chi connectivity index (χ2v) is 4.45. The van der Waals surface area contributed by atoms with Gasteiger partial charge in [-0.05, 0) is 35.4 Å². The van der Waals surface area contributed by atoms with Crippen LogP contribution in [0.2, 0.25) is 0 Å². The Kier molecular flexibility index (Phi) is 3.54. The molecule has 0 aliphatic heterocycles. The highest BCUT2D eigenvalue weighted by Gasteiger charge is 1.99. The fourth-order valence-electron chi connectivity index (χ4n) is 1.61. The van der Waals surface area contributed by atoms with Gasteiger partial charge in [-0.25, -0.2) is 0 Å². The molecule has 0 aliphatic carbocycles. The fraction of sp³-hybridized carbons (Fsp3) is 0.231. The first-order valence-electron chi connectivity index (χ1n) is 5.14. The minimum absolute atomic E-state index is 0.267. The van der Waals surface area contributed by atoms with Crippen molar-refractivity contribution in [3.8, 4) is 10.4 Å². The molecule has 2 heteroatoms. The van der Waals surface area contributed by atoms with Gasteiger partial charge in [0.05, 0.1) is 0 Å². The lowest BCUT2D eigenvalue weighted by molar-refractivity contribution is 0.288. The molecule has 1 nitrogen and oxygen atoms in total. The number of aliphatic hydroxyl groups is 1. The molecule has 2 rings (SSSR count). The SMILES string of the molecule is OCCCc1cccc(-c2cccs2)c1. The Labute approximate surface area is 94.0 Å². The molecule has 0 radical (unpaired) electrons. The zero-order valence-corrected chi connectivity index (χ0v) is 9.33. The van der Waals surface area contributed by atoms with E-state index in [1.807, 2.05) is 0 Å². The van der Waals surface area contributed by atoms with Crippen LogP contribution in [0.1, 0.15) is 12.0 Å². The minimum atomic E-state index is 0.267. The fourth-order valence-corrected chi connectivity index (χ4v) is 2.33. The average Bonchev–Trinajstić information content (AvgIpc) is 2.80. The Morgan fingerprint density at radius 1 is 1.13 bits per heavy atom. The van der Waals surface area contributed by atoms with Crippen LogP contribution in [-0.2, 0) is 6.42 Å². The molecule has 0 amide bonds. The molecule has 0 saturated carbocycles. The third kappa shape index (κ3) is 2.67. The first kappa shape index (κ1) is 10.4. The van der Waals surface area contributed by atoms with Crippen LogP contribution in [0.3, 0.4) is 0 Å². The summed E-state index contributed by atoms with van der Waals surface area (Å²) in [6.07, 6.45) is 1.80. The molecule has 0 unspecified atom stereocenters. The van der Waals surface area contributed by atoms with Crippen molar-refractivity contribution in [1.29, 1.82) is 0 Å². The molecule has 78 valence electrons. The number of hydrogen-bond acceptors (Lipinski definition) is 2. The second-order valence-electron chi connectivity index (χ2n) is 3.50. The van der Waals surface area contributed by atoms with Gasteiger partial charge >= 0.3 is 0 Å². The van der Waals surface area contributed by atoms with Gasteiger partial charge in [0.1, 0.15) is 0 Å². The van der Waals surface area contributed by atoms with Crippen molar-refractivity contribution < 1.29 is 5.11 Å². The van der Waals surface area contributed by atoms with Crippen molar-refractivity contribution in [2.24, 2.45) is 0 Å². The smallest absolute Gasteiger partial charge is 0.0434 e. The average molecular weight is 218 g/mol. The topological polar surface area (TPSA) is 20.2 Å². The Bertz CT molecular complexity index is 406. The molecule has 0 fully saturated rings. The number of thiophene rings is 1. The van der Waals surface area contributed by atoms with E-state index in [1.54, 1.807) is 11.3 Å². The highest BCUT2D eigenvalue weighted by Crippen LogP contribution is 2.25. The van der Waals surface area contributed by atoms with Crippen LogP contribution < -0.4 is 0 Å². The van der Waals surface area contributed by atoms with Crippen molar-refractivity contribution in [3.63, 3.8) is 0 Å². The van der Waals surface area contributed by atoms with Gasteiger partial charge in [-0.1, -0.05) is 30.3 Å². The molecule has 0 bridgehead atoms. The van der Waals surface area contributed by atoms with Crippen LogP contribution in [0.4, 0.5) is 0 Å². The lowest BCUT2D eigenvalue weighted by Gasteiger charge is -2.02. The molecule has 2 aromatic rings. The molecule has 0 aliphatic rings. The summed E-state index contributed by atoms with van der Waals surface area (Å²) in [4.78, 5) is 1.31. The standard InChI is InChI=1S/C13H14OS/c14-8-2-5-11-4-1-6-12(10-11)13-7-3-9-15-13/h1,3-4,6-7,9-10,14H,2,5,8H2. The van der Waals surface area contributed by atoms with E-state index in [2.05, 4.69) is 41.8 Å². The Morgan fingerprint density at radius 2 is 2.07 bits per heavy atom. The zero-order valence-electron chi connectivity index (χ0n) is 8.52. The first-order valence-corrected chi connectivity index (χ1v) is 6.02. The lowest BCUT2D eigenvalue weighted by Crippen LogP contribution is -1.89. The predicted octanol–water partition coefficient (Wildman–Crippen LogP) is 3.34. The summed E-state index contributed by atoms with van der Waals surface area (Å²) in [7, 11) is 0. The van der Waals surface area contributed by atoms with Crippen LogP contribution in [0.15, 0.2) is 41.8 Å². The largest absolute Gasteiger partial charge is 0.396 e. The number of rotatable bonds is 4. The number of hydrogen-bond donors (Lipinski definition) is 1. The number of aryl methyl sites for hydroxylation is 1. The number of benzene rings is 1. The van der Waals surface area contributed by atoms with Crippen molar-refractivity contribution in [2.75, 3.05) is 6.61 Å². The maximum Gasteiger partial charge on any atom is 0.0434 e. The molecule has 0 atom stereocenters. The molecule has 0 spiro atoms. The molecule has 1 N–H and O–H groups in total. The molecule has 1 aromatic heterocycles. The van der Waals surface area contributed by atoms with E-state index >= 15 is 0 Å². The van der Waals surface area contributed by atoms with Gasteiger partial charge in [0, 0.05) is 11.5 Å². The van der Waals surface area contributed by atoms with E-state index in [9.17, 15) is 0 Å². The van der Waals surface area contributed by atoms with Crippen molar-refractivity contribution in [1.82, 2.24) is 0 Å². The summed E-state index contributed by atoms with van der Waals surface area (Å²) in [5.74, 6) is 0. The molecular weight excluding hydrogens is 204 g/mol. The summed E-state index contributed by atoms with van der Waals surface area (Å²) in [5, 5.41) is 10.9. The van der Waals surface area contributed by atoms with Gasteiger partial charge in [-0.15, -0.1) is 11.3 Å². The summed E-state index contributed by atoms with van der Waals surface area (Å²) >= 11 is 1.76. The van der Waals surface area contributed by atoms with Crippen LogP contribution in [0, 0.1) is 0 Å². The zero-order chi connectivity index (χ0) is 10.5. The van der Waals surface area contributed by atoms with Crippen molar-refractivity contribution >= 4 is 11.3 Å². The van der Waals surface area contributed by atoms with Crippen LogP contribution in [0.5, 0.6) is 0 Å².